The van der Waals surface area contributed by atoms with Crippen LogP contribution in [-0.4, -0.2) is 23.4 Å². The molecule has 1 amide bonds. The first kappa shape index (κ1) is 21.6. The number of hydrogen-bond acceptors (Lipinski definition) is 3. The molecule has 4 nitrogen and oxygen atoms in total. The largest absolute Gasteiger partial charge is 0.457 e. The fourth-order valence-corrected chi connectivity index (χ4v) is 4.12. The Labute approximate surface area is 190 Å². The van der Waals surface area contributed by atoms with E-state index in [9.17, 15) is 9.18 Å². The third-order valence-corrected chi connectivity index (χ3v) is 5.81. The molecule has 0 radical (unpaired) electrons. The fraction of sp³-hybridized carbons (Fsp3) is 0.208. The Morgan fingerprint density at radius 2 is 1.71 bits per heavy atom. The minimum Gasteiger partial charge on any atom is -0.457 e. The number of nitrogens with one attached hydrogen (secondary N) is 1. The number of nitrogens with zero attached hydrogens (tertiary/aromatic N) is 1. The van der Waals surface area contributed by atoms with Gasteiger partial charge in [0.15, 0.2) is 0 Å². The van der Waals surface area contributed by atoms with Gasteiger partial charge in [0, 0.05) is 22.3 Å². The lowest BCUT2D eigenvalue weighted by molar-refractivity contribution is -0.120. The molecule has 31 heavy (non-hydrogen) atoms. The number of carbonyl (C=O) groups excluding carboxylic acids is 1. The van der Waals surface area contributed by atoms with E-state index in [0.717, 1.165) is 24.9 Å². The van der Waals surface area contributed by atoms with Crippen molar-refractivity contribution in [2.45, 2.75) is 25.4 Å². The van der Waals surface area contributed by atoms with Crippen LogP contribution in [0.2, 0.25) is 10.0 Å². The molecule has 0 aliphatic carbocycles. The van der Waals surface area contributed by atoms with Crippen molar-refractivity contribution in [2.75, 3.05) is 11.9 Å². The summed E-state index contributed by atoms with van der Waals surface area (Å²) in [6, 6.07) is 18.1. The van der Waals surface area contributed by atoms with Crippen molar-refractivity contribution in [2.24, 2.45) is 0 Å². The number of likely N-dealkylation sites (tertiary alicyclic amines) is 1. The maximum absolute atomic E-state index is 13.0. The molecular formula is C24H21Cl2FN2O2. The molecule has 3 aromatic rings. The molecule has 1 saturated heterocycles. The number of amides is 1. The van der Waals surface area contributed by atoms with E-state index in [2.05, 4.69) is 10.2 Å². The van der Waals surface area contributed by atoms with Crippen molar-refractivity contribution >= 4 is 34.8 Å². The number of benzene rings is 3. The molecule has 0 bridgehead atoms. The summed E-state index contributed by atoms with van der Waals surface area (Å²) in [5, 5.41) is 4.18. The zero-order valence-corrected chi connectivity index (χ0v) is 18.2. The van der Waals surface area contributed by atoms with E-state index in [-0.39, 0.29) is 17.8 Å². The van der Waals surface area contributed by atoms with E-state index in [1.54, 1.807) is 42.5 Å². The molecule has 1 atom stereocenters. The van der Waals surface area contributed by atoms with Crippen molar-refractivity contribution in [3.8, 4) is 11.5 Å². The standard InChI is InChI=1S/C24H21Cl2FN2O2/c25-17-4-3-16(22(26)14-17)15-29-13-1-2-23(29)24(30)28-19-7-11-21(12-8-19)31-20-9-5-18(27)6-10-20/h3-12,14,23H,1-2,13,15H2,(H,28,30). The Bertz CT molecular complexity index is 1060. The summed E-state index contributed by atoms with van der Waals surface area (Å²) in [4.78, 5) is 15.0. The van der Waals surface area contributed by atoms with Crippen LogP contribution in [0.25, 0.3) is 0 Å². The molecular weight excluding hydrogens is 438 g/mol. The Morgan fingerprint density at radius 1 is 1.03 bits per heavy atom. The van der Waals surface area contributed by atoms with Crippen LogP contribution in [-0.2, 0) is 11.3 Å². The topological polar surface area (TPSA) is 41.6 Å². The molecule has 0 aromatic heterocycles. The lowest BCUT2D eigenvalue weighted by Crippen LogP contribution is -2.39. The fourth-order valence-electron chi connectivity index (χ4n) is 3.65. The summed E-state index contributed by atoms with van der Waals surface area (Å²) >= 11 is 12.3. The molecule has 160 valence electrons. The zero-order chi connectivity index (χ0) is 21.8. The van der Waals surface area contributed by atoms with Gasteiger partial charge in [-0.2, -0.15) is 0 Å². The molecule has 1 fully saturated rings. The molecule has 4 rings (SSSR count). The number of carbonyl (C=O) groups is 1. The van der Waals surface area contributed by atoms with Gasteiger partial charge in [-0.25, -0.2) is 4.39 Å². The third kappa shape index (κ3) is 5.56. The van der Waals surface area contributed by atoms with Crippen LogP contribution >= 0.6 is 23.2 Å². The highest BCUT2D eigenvalue weighted by atomic mass is 35.5. The predicted octanol–water partition coefficient (Wildman–Crippen LogP) is 6.53. The predicted molar refractivity (Wildman–Crippen MR) is 121 cm³/mol. The first-order valence-electron chi connectivity index (χ1n) is 10.0. The summed E-state index contributed by atoms with van der Waals surface area (Å²) in [6.07, 6.45) is 1.75. The Balaban J connectivity index is 1.37. The number of rotatable bonds is 6. The molecule has 3 aromatic carbocycles. The Kier molecular flexibility index (Phi) is 6.76. The monoisotopic (exact) mass is 458 g/mol. The maximum atomic E-state index is 13.0. The van der Waals surface area contributed by atoms with E-state index in [0.29, 0.717) is 33.8 Å². The molecule has 1 unspecified atom stereocenters. The van der Waals surface area contributed by atoms with Crippen LogP contribution in [0, 0.1) is 5.82 Å². The van der Waals surface area contributed by atoms with Crippen LogP contribution in [0.5, 0.6) is 11.5 Å². The van der Waals surface area contributed by atoms with Gasteiger partial charge >= 0.3 is 0 Å². The number of ether oxygens (including phenoxy) is 1. The van der Waals surface area contributed by atoms with Crippen LogP contribution in [0.15, 0.2) is 66.7 Å². The summed E-state index contributed by atoms with van der Waals surface area (Å²) in [6.45, 7) is 1.43. The van der Waals surface area contributed by atoms with Crippen molar-refractivity contribution < 1.29 is 13.9 Å². The molecule has 1 aliphatic heterocycles. The Morgan fingerprint density at radius 3 is 2.39 bits per heavy atom. The van der Waals surface area contributed by atoms with Gasteiger partial charge in [-0.3, -0.25) is 9.69 Å². The SMILES string of the molecule is O=C(Nc1ccc(Oc2ccc(F)cc2)cc1)C1CCCN1Cc1ccc(Cl)cc1Cl. The highest BCUT2D eigenvalue weighted by molar-refractivity contribution is 6.35. The highest BCUT2D eigenvalue weighted by Gasteiger charge is 2.31. The van der Waals surface area contributed by atoms with Crippen molar-refractivity contribution in [3.63, 3.8) is 0 Å². The molecule has 1 N–H and O–H groups in total. The van der Waals surface area contributed by atoms with Crippen molar-refractivity contribution in [1.82, 2.24) is 4.90 Å². The molecule has 0 spiro atoms. The van der Waals surface area contributed by atoms with Gasteiger partial charge in [0.1, 0.15) is 17.3 Å². The van der Waals surface area contributed by atoms with E-state index in [4.69, 9.17) is 27.9 Å². The second kappa shape index (κ2) is 9.69. The third-order valence-electron chi connectivity index (χ3n) is 5.23. The number of anilines is 1. The quantitative estimate of drug-likeness (QED) is 0.456. The summed E-state index contributed by atoms with van der Waals surface area (Å²) in [7, 11) is 0. The summed E-state index contributed by atoms with van der Waals surface area (Å²) in [5.41, 5.74) is 1.64. The van der Waals surface area contributed by atoms with Crippen molar-refractivity contribution in [1.29, 1.82) is 0 Å². The summed E-state index contributed by atoms with van der Waals surface area (Å²) < 4.78 is 18.7. The van der Waals surface area contributed by atoms with E-state index >= 15 is 0 Å². The number of hydrogen-bond donors (Lipinski definition) is 1. The van der Waals surface area contributed by atoms with Gasteiger partial charge in [-0.1, -0.05) is 29.3 Å². The van der Waals surface area contributed by atoms with E-state index in [1.165, 1.54) is 12.1 Å². The van der Waals surface area contributed by atoms with Crippen LogP contribution < -0.4 is 10.1 Å². The molecule has 1 heterocycles. The minimum absolute atomic E-state index is 0.0465. The normalized spacial score (nSPS) is 16.3. The first-order valence-corrected chi connectivity index (χ1v) is 10.8. The van der Waals surface area contributed by atoms with Gasteiger partial charge in [0.25, 0.3) is 0 Å². The minimum atomic E-state index is -0.315. The van der Waals surface area contributed by atoms with Gasteiger partial charge in [-0.05, 0) is 85.6 Å². The van der Waals surface area contributed by atoms with Gasteiger partial charge in [0.05, 0.1) is 6.04 Å². The highest BCUT2D eigenvalue weighted by Crippen LogP contribution is 2.27. The van der Waals surface area contributed by atoms with Crippen molar-refractivity contribution in [3.05, 3.63) is 88.2 Å². The van der Waals surface area contributed by atoms with Crippen LogP contribution in [0.4, 0.5) is 10.1 Å². The van der Waals surface area contributed by atoms with Gasteiger partial charge < -0.3 is 10.1 Å². The summed E-state index contributed by atoms with van der Waals surface area (Å²) in [5.74, 6) is 0.782. The Hall–Kier alpha value is -2.60. The van der Waals surface area contributed by atoms with Crippen LogP contribution in [0.1, 0.15) is 18.4 Å². The molecule has 1 aliphatic rings. The average molecular weight is 459 g/mol. The second-order valence-corrected chi connectivity index (χ2v) is 8.28. The lowest BCUT2D eigenvalue weighted by Gasteiger charge is -2.24. The second-order valence-electron chi connectivity index (χ2n) is 7.43. The maximum Gasteiger partial charge on any atom is 0.241 e. The van der Waals surface area contributed by atoms with E-state index in [1.807, 2.05) is 12.1 Å². The molecule has 7 heteroatoms. The lowest BCUT2D eigenvalue weighted by atomic mass is 10.1. The zero-order valence-electron chi connectivity index (χ0n) is 16.7. The smallest absolute Gasteiger partial charge is 0.241 e. The first-order chi connectivity index (χ1) is 15.0. The van der Waals surface area contributed by atoms with Gasteiger partial charge in [0.2, 0.25) is 5.91 Å². The van der Waals surface area contributed by atoms with Gasteiger partial charge in [-0.15, -0.1) is 0 Å². The number of halogens is 3. The van der Waals surface area contributed by atoms with Crippen LogP contribution in [0.3, 0.4) is 0 Å². The average Bonchev–Trinajstić information content (AvgIpc) is 3.22. The van der Waals surface area contributed by atoms with E-state index < -0.39 is 0 Å². The molecule has 0 saturated carbocycles.